The van der Waals surface area contributed by atoms with Gasteiger partial charge in [-0.1, -0.05) is 23.9 Å². The Balaban J connectivity index is 2.27. The first-order chi connectivity index (χ1) is 14.3. The number of benzene rings is 1. The second-order valence-electron chi connectivity index (χ2n) is 5.97. The summed E-state index contributed by atoms with van der Waals surface area (Å²) in [6, 6.07) is 4.75. The number of nitrogens with zero attached hydrogens (tertiary/aromatic N) is 4. The zero-order valence-corrected chi connectivity index (χ0v) is 17.0. The van der Waals surface area contributed by atoms with E-state index >= 15 is 0 Å². The average Bonchev–Trinajstić information content (AvgIpc) is 2.73. The minimum atomic E-state index is -4.68. The number of rotatable bonds is 7. The molecule has 0 saturated heterocycles. The zero-order chi connectivity index (χ0) is 21.9. The minimum absolute atomic E-state index is 0.00893. The second-order valence-corrected chi connectivity index (χ2v) is 6.74. The number of aromatic nitrogens is 4. The number of nitrogens with one attached hydrogen (secondary N) is 1. The van der Waals surface area contributed by atoms with E-state index in [9.17, 15) is 18.0 Å². The lowest BCUT2D eigenvalue weighted by atomic mass is 10.1. The molecule has 0 fully saturated rings. The van der Waals surface area contributed by atoms with Crippen LogP contribution in [0.1, 0.15) is 5.56 Å². The van der Waals surface area contributed by atoms with Gasteiger partial charge in [-0.25, -0.2) is 14.5 Å². The van der Waals surface area contributed by atoms with Crippen LogP contribution >= 0.6 is 11.8 Å². The molecule has 12 heteroatoms. The number of halogens is 3. The van der Waals surface area contributed by atoms with Crippen LogP contribution in [0, 0.1) is 0 Å². The smallest absolute Gasteiger partial charge is 0.354 e. The Morgan fingerprint density at radius 2 is 1.90 bits per heavy atom. The van der Waals surface area contributed by atoms with E-state index < -0.39 is 23.6 Å². The number of hydrogen-bond donors (Lipinski definition) is 1. The molecule has 3 aromatic rings. The second kappa shape index (κ2) is 8.98. The Bertz CT molecular complexity index is 1100. The van der Waals surface area contributed by atoms with Crippen molar-refractivity contribution in [3.05, 3.63) is 46.4 Å². The van der Waals surface area contributed by atoms with Crippen molar-refractivity contribution in [2.75, 3.05) is 32.3 Å². The van der Waals surface area contributed by atoms with E-state index in [-0.39, 0.29) is 29.2 Å². The summed E-state index contributed by atoms with van der Waals surface area (Å²) in [6.07, 6.45) is -2.38. The molecule has 0 atom stereocenters. The van der Waals surface area contributed by atoms with E-state index in [2.05, 4.69) is 20.3 Å². The third-order valence-electron chi connectivity index (χ3n) is 4.19. The van der Waals surface area contributed by atoms with Gasteiger partial charge in [0.05, 0.1) is 17.8 Å². The molecule has 0 radical (unpaired) electrons. The van der Waals surface area contributed by atoms with E-state index in [1.165, 1.54) is 50.4 Å². The van der Waals surface area contributed by atoms with Gasteiger partial charge in [-0.15, -0.1) is 0 Å². The molecule has 0 bridgehead atoms. The van der Waals surface area contributed by atoms with Crippen molar-refractivity contribution in [2.45, 2.75) is 17.6 Å². The summed E-state index contributed by atoms with van der Waals surface area (Å²) >= 11 is 1.25. The molecular weight excluding hydrogens is 423 g/mol. The van der Waals surface area contributed by atoms with E-state index in [4.69, 9.17) is 9.47 Å². The third kappa shape index (κ3) is 4.40. The lowest BCUT2D eigenvalue weighted by Crippen LogP contribution is -2.30. The van der Waals surface area contributed by atoms with Gasteiger partial charge in [0.15, 0.2) is 17.1 Å². The van der Waals surface area contributed by atoms with Crippen molar-refractivity contribution < 1.29 is 22.6 Å². The van der Waals surface area contributed by atoms with Crippen LogP contribution in [0.3, 0.4) is 0 Å². The first-order valence-electron chi connectivity index (χ1n) is 8.60. The Morgan fingerprint density at radius 3 is 2.53 bits per heavy atom. The molecule has 30 heavy (non-hydrogen) atoms. The Kier molecular flexibility index (Phi) is 6.58. The molecule has 0 aliphatic rings. The van der Waals surface area contributed by atoms with Crippen LogP contribution in [0.4, 0.5) is 19.1 Å². The fraction of sp³-hybridized carbons (Fsp3) is 0.333. The van der Waals surface area contributed by atoms with Crippen LogP contribution in [0.15, 0.2) is 40.4 Å². The highest BCUT2D eigenvalue weighted by atomic mass is 32.2. The van der Waals surface area contributed by atoms with Crippen molar-refractivity contribution in [3.63, 3.8) is 0 Å². The monoisotopic (exact) mass is 441 g/mol. The van der Waals surface area contributed by atoms with Crippen LogP contribution in [-0.2, 0) is 15.7 Å². The predicted octanol–water partition coefficient (Wildman–Crippen LogP) is 2.95. The highest BCUT2D eigenvalue weighted by molar-refractivity contribution is 7.98. The lowest BCUT2D eigenvalue weighted by Gasteiger charge is -2.20. The summed E-state index contributed by atoms with van der Waals surface area (Å²) in [6.45, 7) is 0.0274. The summed E-state index contributed by atoms with van der Waals surface area (Å²) in [5.74, 6) is -0.131. The molecule has 1 N–H and O–H groups in total. The number of fused-ring (bicyclic) bond motifs is 1. The van der Waals surface area contributed by atoms with Crippen LogP contribution in [-0.4, -0.2) is 52.8 Å². The Morgan fingerprint density at radius 1 is 1.20 bits per heavy atom. The van der Waals surface area contributed by atoms with Crippen LogP contribution in [0.5, 0.6) is 0 Å². The maximum Gasteiger partial charge on any atom is 0.418 e. The van der Waals surface area contributed by atoms with E-state index in [1.807, 2.05) is 0 Å². The van der Waals surface area contributed by atoms with E-state index in [0.717, 1.165) is 10.6 Å². The first-order valence-corrected chi connectivity index (χ1v) is 9.82. The fourth-order valence-corrected chi connectivity index (χ4v) is 3.08. The van der Waals surface area contributed by atoms with Crippen molar-refractivity contribution in [1.82, 2.24) is 19.5 Å². The molecule has 0 unspecified atom stereocenters. The standard InChI is InChI=1S/C18H18F3N5O3S/c1-28-13(29-2)9-22-16-24-14-10(8-23-17(25-14)30-3)15(27)26(16)12-7-5-4-6-11(12)18(19,20)21/h4-8,13H,9H2,1-3H3,(H,22,23,24,25). The van der Waals surface area contributed by atoms with E-state index in [1.54, 1.807) is 6.26 Å². The molecule has 2 aromatic heterocycles. The lowest BCUT2D eigenvalue weighted by molar-refractivity contribution is -0.137. The molecule has 0 saturated carbocycles. The molecule has 0 aliphatic carbocycles. The highest BCUT2D eigenvalue weighted by Gasteiger charge is 2.34. The van der Waals surface area contributed by atoms with Gasteiger partial charge in [-0.2, -0.15) is 18.2 Å². The molecule has 2 heterocycles. The molecule has 0 aliphatic heterocycles. The van der Waals surface area contributed by atoms with Gasteiger partial charge in [-0.3, -0.25) is 4.79 Å². The minimum Gasteiger partial charge on any atom is -0.354 e. The van der Waals surface area contributed by atoms with Crippen molar-refractivity contribution in [1.29, 1.82) is 0 Å². The van der Waals surface area contributed by atoms with Gasteiger partial charge in [-0.05, 0) is 18.4 Å². The Hall–Kier alpha value is -2.70. The molecule has 0 amide bonds. The topological polar surface area (TPSA) is 91.2 Å². The number of hydrogen-bond acceptors (Lipinski definition) is 8. The zero-order valence-electron chi connectivity index (χ0n) is 16.2. The molecule has 3 rings (SSSR count). The predicted molar refractivity (Wildman–Crippen MR) is 106 cm³/mol. The molecule has 0 spiro atoms. The number of alkyl halides is 3. The van der Waals surface area contributed by atoms with Gasteiger partial charge in [0.25, 0.3) is 5.56 Å². The van der Waals surface area contributed by atoms with Crippen LogP contribution < -0.4 is 10.9 Å². The molecule has 8 nitrogen and oxygen atoms in total. The number of methoxy groups -OCH3 is 2. The van der Waals surface area contributed by atoms with Gasteiger partial charge in [0.2, 0.25) is 5.95 Å². The number of thioether (sulfide) groups is 1. The van der Waals surface area contributed by atoms with E-state index in [0.29, 0.717) is 5.16 Å². The number of ether oxygens (including phenoxy) is 2. The number of para-hydroxylation sites is 1. The van der Waals surface area contributed by atoms with Crippen LogP contribution in [0.2, 0.25) is 0 Å². The van der Waals surface area contributed by atoms with Gasteiger partial charge in [0, 0.05) is 20.4 Å². The van der Waals surface area contributed by atoms with Crippen molar-refractivity contribution in [3.8, 4) is 5.69 Å². The molecule has 160 valence electrons. The van der Waals surface area contributed by atoms with Gasteiger partial charge < -0.3 is 14.8 Å². The average molecular weight is 441 g/mol. The largest absolute Gasteiger partial charge is 0.418 e. The summed E-state index contributed by atoms with van der Waals surface area (Å²) in [7, 11) is 2.82. The summed E-state index contributed by atoms with van der Waals surface area (Å²) in [4.78, 5) is 25.7. The maximum absolute atomic E-state index is 13.6. The van der Waals surface area contributed by atoms with Crippen LogP contribution in [0.25, 0.3) is 16.7 Å². The fourth-order valence-electron chi connectivity index (χ4n) is 2.75. The highest BCUT2D eigenvalue weighted by Crippen LogP contribution is 2.34. The van der Waals surface area contributed by atoms with Gasteiger partial charge in [0.1, 0.15) is 5.39 Å². The third-order valence-corrected chi connectivity index (χ3v) is 4.75. The number of anilines is 1. The normalized spacial score (nSPS) is 12.0. The summed E-state index contributed by atoms with van der Waals surface area (Å²) < 4.78 is 51.9. The first kappa shape index (κ1) is 22.0. The van der Waals surface area contributed by atoms with Crippen molar-refractivity contribution in [2.24, 2.45) is 0 Å². The van der Waals surface area contributed by atoms with Crippen molar-refractivity contribution >= 4 is 28.7 Å². The van der Waals surface area contributed by atoms with Gasteiger partial charge >= 0.3 is 6.18 Å². The summed E-state index contributed by atoms with van der Waals surface area (Å²) in [5, 5.41) is 3.20. The quantitative estimate of drug-likeness (QED) is 0.340. The summed E-state index contributed by atoms with van der Waals surface area (Å²) in [5.41, 5.74) is -2.02. The maximum atomic E-state index is 13.6. The Labute approximate surface area is 173 Å². The molecular formula is C18H18F3N5O3S. The molecule has 1 aromatic carbocycles. The SMILES string of the molecule is COC(CNc1nc2nc(SC)ncc2c(=O)n1-c1ccccc1C(F)(F)F)OC.